The van der Waals surface area contributed by atoms with Gasteiger partial charge < -0.3 is 14.7 Å². The van der Waals surface area contributed by atoms with Gasteiger partial charge in [-0.1, -0.05) is 35.5 Å². The monoisotopic (exact) mass is 396 g/mol. The third kappa shape index (κ3) is 14.3. The molecule has 0 aliphatic heterocycles. The van der Waals surface area contributed by atoms with Gasteiger partial charge in [-0.3, -0.25) is 4.52 Å². The van der Waals surface area contributed by atoms with Gasteiger partial charge in [-0.2, -0.15) is 4.31 Å². The summed E-state index contributed by atoms with van der Waals surface area (Å²) in [4.78, 5) is 27.0. The maximum Gasteiger partial charge on any atom is 0.481 e. The lowest BCUT2D eigenvalue weighted by Crippen LogP contribution is -2.25. The second-order valence-corrected chi connectivity index (χ2v) is 9.29. The quantitative estimate of drug-likeness (QED) is 0.255. The Kier molecular flexibility index (Phi) is 10.4. The van der Waals surface area contributed by atoms with Crippen molar-refractivity contribution < 1.29 is 32.6 Å². The zero-order valence-corrected chi connectivity index (χ0v) is 17.3. The number of allylic oxidation sites excluding steroid dienone is 5. The molecule has 0 radical (unpaired) electrons. The maximum atomic E-state index is 11.8. The Hall–Kier alpha value is -0.520. The summed E-state index contributed by atoms with van der Waals surface area (Å²) in [6.07, 6.45) is 10.5. The molecule has 25 heavy (non-hydrogen) atoms. The van der Waals surface area contributed by atoms with Crippen LogP contribution in [0.1, 0.15) is 60.3 Å². The highest BCUT2D eigenvalue weighted by Crippen LogP contribution is 2.59. The summed E-state index contributed by atoms with van der Waals surface area (Å²) >= 11 is 0. The van der Waals surface area contributed by atoms with Gasteiger partial charge in [0.05, 0.1) is 5.60 Å². The number of hydrogen-bond acceptors (Lipinski definition) is 4. The molecule has 0 saturated heterocycles. The molecule has 0 aromatic rings. The van der Waals surface area contributed by atoms with Crippen LogP contribution < -0.4 is 0 Å². The van der Waals surface area contributed by atoms with Gasteiger partial charge in [0.25, 0.3) is 0 Å². The van der Waals surface area contributed by atoms with Crippen LogP contribution >= 0.6 is 15.6 Å². The third-order valence-electron chi connectivity index (χ3n) is 2.99. The van der Waals surface area contributed by atoms with Crippen LogP contribution in [0.3, 0.4) is 0 Å². The molecule has 0 rings (SSSR count). The Labute approximate surface area is 150 Å². The molecular formula is C16H30O7P2. The SMILES string of the molecule is CC(C)=CCC/C=C/CC[C@](C)(C=C(C)C)OP(=O)(O)OP(=O)(O)O. The van der Waals surface area contributed by atoms with E-state index in [4.69, 9.17) is 14.3 Å². The van der Waals surface area contributed by atoms with Crippen molar-refractivity contribution in [3.8, 4) is 0 Å². The molecule has 0 amide bonds. The second-order valence-electron chi connectivity index (χ2n) is 6.54. The van der Waals surface area contributed by atoms with Crippen molar-refractivity contribution in [1.82, 2.24) is 0 Å². The first-order chi connectivity index (χ1) is 11.2. The van der Waals surface area contributed by atoms with Crippen molar-refractivity contribution in [2.24, 2.45) is 0 Å². The number of rotatable bonds is 11. The van der Waals surface area contributed by atoms with E-state index in [2.05, 4.69) is 10.4 Å². The maximum absolute atomic E-state index is 11.8. The lowest BCUT2D eigenvalue weighted by Gasteiger charge is -2.28. The fourth-order valence-corrected chi connectivity index (χ4v) is 4.12. The lowest BCUT2D eigenvalue weighted by atomic mass is 9.97. The summed E-state index contributed by atoms with van der Waals surface area (Å²) in [6.45, 7) is 9.24. The average Bonchev–Trinajstić information content (AvgIpc) is 2.31. The fourth-order valence-electron chi connectivity index (χ4n) is 2.24. The predicted molar refractivity (Wildman–Crippen MR) is 98.9 cm³/mol. The van der Waals surface area contributed by atoms with Crippen molar-refractivity contribution in [2.75, 3.05) is 0 Å². The van der Waals surface area contributed by atoms with Gasteiger partial charge in [0.1, 0.15) is 0 Å². The zero-order valence-electron chi connectivity index (χ0n) is 15.5. The molecule has 3 N–H and O–H groups in total. The first-order valence-corrected chi connectivity index (χ1v) is 11.0. The van der Waals surface area contributed by atoms with Crippen LogP contribution in [-0.2, 0) is 18.0 Å². The Morgan fingerprint density at radius 3 is 2.00 bits per heavy atom. The molecule has 7 nitrogen and oxygen atoms in total. The second kappa shape index (κ2) is 10.6. The van der Waals surface area contributed by atoms with E-state index in [-0.39, 0.29) is 0 Å². The molecule has 2 atom stereocenters. The molecule has 1 unspecified atom stereocenters. The summed E-state index contributed by atoms with van der Waals surface area (Å²) in [6, 6.07) is 0. The zero-order chi connectivity index (χ0) is 19.7. The summed E-state index contributed by atoms with van der Waals surface area (Å²) in [5, 5.41) is 0. The summed E-state index contributed by atoms with van der Waals surface area (Å²) in [5.41, 5.74) is 0.913. The molecule has 0 aliphatic carbocycles. The highest BCUT2D eigenvalue weighted by molar-refractivity contribution is 7.60. The van der Waals surface area contributed by atoms with Crippen molar-refractivity contribution in [2.45, 2.75) is 65.9 Å². The fraction of sp³-hybridized carbons (Fsp3) is 0.625. The van der Waals surface area contributed by atoms with Gasteiger partial charge in [0.15, 0.2) is 0 Å². The number of phosphoric acid groups is 2. The molecule has 0 heterocycles. The van der Waals surface area contributed by atoms with Crippen LogP contribution in [0, 0.1) is 0 Å². The Balaban J connectivity index is 4.85. The van der Waals surface area contributed by atoms with E-state index >= 15 is 0 Å². The number of phosphoric ester groups is 1. The van der Waals surface area contributed by atoms with Gasteiger partial charge in [0, 0.05) is 0 Å². The normalized spacial score (nSPS) is 17.0. The Morgan fingerprint density at radius 1 is 0.960 bits per heavy atom. The van der Waals surface area contributed by atoms with Gasteiger partial charge in [-0.05, 0) is 60.3 Å². The molecule has 0 saturated carbocycles. The van der Waals surface area contributed by atoms with Crippen LogP contribution in [0.2, 0.25) is 0 Å². The number of hydrogen-bond donors (Lipinski definition) is 3. The van der Waals surface area contributed by atoms with Crippen molar-refractivity contribution >= 4 is 15.6 Å². The highest BCUT2D eigenvalue weighted by Gasteiger charge is 2.39. The average molecular weight is 396 g/mol. The molecule has 0 aromatic carbocycles. The van der Waals surface area contributed by atoms with E-state index in [1.165, 1.54) is 5.57 Å². The summed E-state index contributed by atoms with van der Waals surface area (Å²) in [7, 11) is -10.0. The lowest BCUT2D eigenvalue weighted by molar-refractivity contribution is 0.0795. The van der Waals surface area contributed by atoms with Crippen molar-refractivity contribution in [3.05, 3.63) is 35.5 Å². The van der Waals surface area contributed by atoms with Crippen LogP contribution in [0.25, 0.3) is 0 Å². The summed E-state index contributed by atoms with van der Waals surface area (Å²) < 4.78 is 31.6. The van der Waals surface area contributed by atoms with E-state index in [0.717, 1.165) is 18.4 Å². The van der Waals surface area contributed by atoms with Crippen LogP contribution in [0.5, 0.6) is 0 Å². The highest BCUT2D eigenvalue weighted by atomic mass is 31.3. The minimum atomic E-state index is -5.14. The van der Waals surface area contributed by atoms with E-state index in [1.807, 2.05) is 26.0 Å². The van der Waals surface area contributed by atoms with Gasteiger partial charge >= 0.3 is 15.6 Å². The largest absolute Gasteiger partial charge is 0.481 e. The Bertz CT molecular complexity index is 596. The van der Waals surface area contributed by atoms with Crippen LogP contribution in [0.4, 0.5) is 0 Å². The van der Waals surface area contributed by atoms with E-state index in [1.54, 1.807) is 26.8 Å². The smallest absolute Gasteiger partial charge is 0.302 e. The molecule has 0 bridgehead atoms. The molecule has 9 heteroatoms. The molecular weight excluding hydrogens is 366 g/mol. The molecule has 0 spiro atoms. The molecule has 0 aromatic heterocycles. The van der Waals surface area contributed by atoms with E-state index in [9.17, 15) is 14.0 Å². The van der Waals surface area contributed by atoms with E-state index in [0.29, 0.717) is 12.8 Å². The minimum absolute atomic E-state index is 0.354. The van der Waals surface area contributed by atoms with Crippen LogP contribution in [0.15, 0.2) is 35.5 Å². The third-order valence-corrected chi connectivity index (χ3v) is 5.31. The molecule has 146 valence electrons. The molecule has 0 fully saturated rings. The van der Waals surface area contributed by atoms with Gasteiger partial charge in [-0.15, -0.1) is 0 Å². The first kappa shape index (κ1) is 24.5. The van der Waals surface area contributed by atoms with Crippen LogP contribution in [-0.4, -0.2) is 20.3 Å². The van der Waals surface area contributed by atoms with E-state index < -0.39 is 21.2 Å². The topological polar surface area (TPSA) is 113 Å². The molecule has 0 aliphatic rings. The predicted octanol–water partition coefficient (Wildman–Crippen LogP) is 5.02. The van der Waals surface area contributed by atoms with Gasteiger partial charge in [-0.25, -0.2) is 9.13 Å². The standard InChI is InChI=1S/C16H30O7P2/c1-14(2)11-9-7-6-8-10-12-16(5,13-15(3)4)22-25(20,21)23-24(17,18)19/h6,8,11,13H,7,9-10,12H2,1-5H3,(H,20,21)(H2,17,18,19)/b8-6+/t16-/m1/s1. The summed E-state index contributed by atoms with van der Waals surface area (Å²) in [5.74, 6) is 0. The minimum Gasteiger partial charge on any atom is -0.302 e. The Morgan fingerprint density at radius 2 is 1.52 bits per heavy atom. The number of unbranched alkanes of at least 4 members (excludes halogenated alkanes) is 1. The first-order valence-electron chi connectivity index (χ1n) is 7.99. The van der Waals surface area contributed by atoms with Crippen molar-refractivity contribution in [1.29, 1.82) is 0 Å². The van der Waals surface area contributed by atoms with Gasteiger partial charge in [0.2, 0.25) is 0 Å². The van der Waals surface area contributed by atoms with Crippen molar-refractivity contribution in [3.63, 3.8) is 0 Å².